The molecule has 0 radical (unpaired) electrons. The molecule has 3 aliphatic heterocycles. The van der Waals surface area contributed by atoms with Gasteiger partial charge in [-0.2, -0.15) is 4.31 Å². The first-order valence-corrected chi connectivity index (χ1v) is 16.4. The molecule has 0 unspecified atom stereocenters. The van der Waals surface area contributed by atoms with E-state index in [4.69, 9.17) is 4.98 Å². The summed E-state index contributed by atoms with van der Waals surface area (Å²) < 4.78 is 39.1. The van der Waals surface area contributed by atoms with E-state index in [-0.39, 0.29) is 35.3 Å². The molecule has 2 aromatic rings. The number of hydrogen-bond acceptors (Lipinski definition) is 7. The quantitative estimate of drug-likeness (QED) is 0.532. The fourth-order valence-electron chi connectivity index (χ4n) is 6.40. The topological polar surface area (TPSA) is 89.1 Å². The second-order valence-corrected chi connectivity index (χ2v) is 14.7. The number of rotatable bonds is 7. The van der Waals surface area contributed by atoms with Crippen LogP contribution >= 0.6 is 0 Å². The Bertz CT molecular complexity index is 1370. The lowest BCUT2D eigenvalue weighted by molar-refractivity contribution is -0.121. The smallest absolute Gasteiger partial charge is 0.241 e. The molecular weight excluding hydrogens is 543 g/mol. The van der Waals surface area contributed by atoms with E-state index in [1.807, 2.05) is 11.1 Å². The molecule has 41 heavy (non-hydrogen) atoms. The van der Waals surface area contributed by atoms with Gasteiger partial charge in [-0.3, -0.25) is 19.6 Å². The first kappa shape index (κ1) is 30.0. The lowest BCUT2D eigenvalue weighted by Crippen LogP contribution is -2.63. The van der Waals surface area contributed by atoms with Crippen molar-refractivity contribution < 1.29 is 17.6 Å². The Morgan fingerprint density at radius 3 is 2.51 bits per heavy atom. The first-order chi connectivity index (χ1) is 19.3. The molecule has 0 saturated carbocycles. The van der Waals surface area contributed by atoms with Crippen LogP contribution in [0.5, 0.6) is 0 Å². The van der Waals surface area contributed by atoms with Gasteiger partial charge in [0.2, 0.25) is 15.9 Å². The fraction of sp³-hybridized carbons (Fsp3) is 0.600. The molecular formula is C30H43FN6O3S. The van der Waals surface area contributed by atoms with Gasteiger partial charge in [-0.25, -0.2) is 12.8 Å². The molecule has 1 N–H and O–H groups in total. The number of halogens is 1. The Morgan fingerprint density at radius 1 is 1.10 bits per heavy atom. The second kappa shape index (κ2) is 11.7. The number of pyridine rings is 1. The van der Waals surface area contributed by atoms with Crippen LogP contribution in [0, 0.1) is 5.82 Å². The molecule has 4 heterocycles. The maximum atomic E-state index is 13.9. The average Bonchev–Trinajstić information content (AvgIpc) is 3.17. The molecule has 0 aliphatic carbocycles. The number of piperazine rings is 2. The molecule has 0 spiro atoms. The number of fused-ring (bicyclic) bond motifs is 1. The van der Waals surface area contributed by atoms with Crippen molar-refractivity contribution in [1.82, 2.24) is 24.4 Å². The van der Waals surface area contributed by atoms with Crippen LogP contribution in [-0.2, 0) is 26.7 Å². The molecule has 1 amide bonds. The third-order valence-electron chi connectivity index (χ3n) is 8.74. The van der Waals surface area contributed by atoms with Crippen LogP contribution in [0.25, 0.3) is 0 Å². The van der Waals surface area contributed by atoms with E-state index >= 15 is 0 Å². The number of carbonyl (C=O) groups excluding carboxylic acids is 1. The summed E-state index contributed by atoms with van der Waals surface area (Å²) >= 11 is 0. The lowest BCUT2D eigenvalue weighted by atomic mass is 9.91. The molecule has 2 fully saturated rings. The van der Waals surface area contributed by atoms with Crippen LogP contribution < -0.4 is 10.2 Å². The zero-order valence-electron chi connectivity index (χ0n) is 24.8. The van der Waals surface area contributed by atoms with Crippen LogP contribution in [0.3, 0.4) is 0 Å². The summed E-state index contributed by atoms with van der Waals surface area (Å²) in [7, 11) is -3.20. The molecule has 5 rings (SSSR count). The predicted octanol–water partition coefficient (Wildman–Crippen LogP) is 2.06. The van der Waals surface area contributed by atoms with E-state index in [1.165, 1.54) is 18.4 Å². The normalized spacial score (nSPS) is 25.8. The second-order valence-electron chi connectivity index (χ2n) is 12.7. The highest BCUT2D eigenvalue weighted by atomic mass is 32.2. The molecule has 9 nitrogen and oxygen atoms in total. The van der Waals surface area contributed by atoms with Crippen LogP contribution in [0.1, 0.15) is 44.5 Å². The Morgan fingerprint density at radius 2 is 1.83 bits per heavy atom. The van der Waals surface area contributed by atoms with Gasteiger partial charge in [0.1, 0.15) is 5.82 Å². The van der Waals surface area contributed by atoms with Crippen LogP contribution in [0.15, 0.2) is 36.5 Å². The van der Waals surface area contributed by atoms with Gasteiger partial charge in [0.15, 0.2) is 0 Å². The van der Waals surface area contributed by atoms with Gasteiger partial charge in [-0.1, -0.05) is 26.0 Å². The maximum Gasteiger partial charge on any atom is 0.241 e. The highest BCUT2D eigenvalue weighted by molar-refractivity contribution is 7.88. The highest BCUT2D eigenvalue weighted by Crippen LogP contribution is 2.39. The van der Waals surface area contributed by atoms with E-state index in [0.29, 0.717) is 39.1 Å². The maximum absolute atomic E-state index is 13.9. The van der Waals surface area contributed by atoms with Crippen molar-refractivity contribution in [3.05, 3.63) is 59.2 Å². The van der Waals surface area contributed by atoms with Crippen LogP contribution in [0.2, 0.25) is 0 Å². The fourth-order valence-corrected chi connectivity index (χ4v) is 7.30. The van der Waals surface area contributed by atoms with Gasteiger partial charge in [0.05, 0.1) is 24.2 Å². The minimum absolute atomic E-state index is 0.0617. The molecule has 1 aromatic heterocycles. The number of carbonyl (C=O) groups is 1. The number of sulfonamides is 1. The molecule has 3 atom stereocenters. The van der Waals surface area contributed by atoms with E-state index in [2.05, 4.69) is 48.9 Å². The van der Waals surface area contributed by atoms with Crippen molar-refractivity contribution in [2.45, 2.75) is 57.7 Å². The van der Waals surface area contributed by atoms with E-state index in [1.54, 1.807) is 16.4 Å². The minimum atomic E-state index is -3.20. The van der Waals surface area contributed by atoms with Crippen molar-refractivity contribution in [2.24, 2.45) is 0 Å². The predicted molar refractivity (Wildman–Crippen MR) is 159 cm³/mol. The van der Waals surface area contributed by atoms with Gasteiger partial charge < -0.3 is 10.2 Å². The van der Waals surface area contributed by atoms with Crippen molar-refractivity contribution in [3.8, 4) is 0 Å². The lowest BCUT2D eigenvalue weighted by Gasteiger charge is -2.45. The van der Waals surface area contributed by atoms with Crippen molar-refractivity contribution in [3.63, 3.8) is 0 Å². The average molecular weight is 587 g/mol. The SMILES string of the molecule is C[C@@H]1CN(CC(=O)N2CC(C)(C)c3ncc(Cc4ccc(F)cc4)cc32)[C@@H](CN2CCN(S(C)(=O)=O)C[C@H]2C)CN1. The Labute approximate surface area is 243 Å². The van der Waals surface area contributed by atoms with Crippen molar-refractivity contribution in [2.75, 3.05) is 63.5 Å². The summed E-state index contributed by atoms with van der Waals surface area (Å²) in [5, 5.41) is 3.57. The van der Waals surface area contributed by atoms with Crippen LogP contribution in [0.4, 0.5) is 10.1 Å². The summed E-state index contributed by atoms with van der Waals surface area (Å²) in [5.74, 6) is -0.197. The Hall–Kier alpha value is -2.44. The van der Waals surface area contributed by atoms with Crippen LogP contribution in [-0.4, -0.2) is 110 Å². The number of aromatic nitrogens is 1. The third kappa shape index (κ3) is 6.80. The summed E-state index contributed by atoms with van der Waals surface area (Å²) in [4.78, 5) is 25.3. The molecule has 11 heteroatoms. The molecule has 1 aromatic carbocycles. The molecule has 2 saturated heterocycles. The number of amides is 1. The Balaban J connectivity index is 1.30. The number of benzene rings is 1. The zero-order chi connectivity index (χ0) is 29.5. The monoisotopic (exact) mass is 586 g/mol. The molecule has 224 valence electrons. The first-order valence-electron chi connectivity index (χ1n) is 14.5. The third-order valence-corrected chi connectivity index (χ3v) is 10.0. The number of nitrogens with zero attached hydrogens (tertiary/aromatic N) is 5. The summed E-state index contributed by atoms with van der Waals surface area (Å²) in [6.45, 7) is 13.3. The molecule has 0 bridgehead atoms. The van der Waals surface area contributed by atoms with E-state index in [0.717, 1.165) is 42.1 Å². The van der Waals surface area contributed by atoms with E-state index < -0.39 is 10.0 Å². The molecule has 3 aliphatic rings. The van der Waals surface area contributed by atoms with Gasteiger partial charge in [0, 0.05) is 75.6 Å². The summed E-state index contributed by atoms with van der Waals surface area (Å²) in [6.07, 6.45) is 3.76. The van der Waals surface area contributed by atoms with E-state index in [9.17, 15) is 17.6 Å². The largest absolute Gasteiger partial charge is 0.311 e. The van der Waals surface area contributed by atoms with Crippen molar-refractivity contribution >= 4 is 21.6 Å². The van der Waals surface area contributed by atoms with Gasteiger partial charge in [0.25, 0.3) is 0 Å². The number of nitrogens with one attached hydrogen (secondary N) is 1. The standard InChI is InChI=1S/C30H43FN6O3S/c1-21-16-35(26(15-32-21)18-34-10-11-36(17-22(34)2)41(5,39)40)19-28(38)37-20-30(3,4)29-27(37)13-24(14-33-29)12-23-6-8-25(31)9-7-23/h6-9,13-14,21-22,26,32H,10-12,15-20H2,1-5H3/t21-,22-,26-/m1/s1. The van der Waals surface area contributed by atoms with Gasteiger partial charge in [-0.05, 0) is 49.6 Å². The highest BCUT2D eigenvalue weighted by Gasteiger charge is 2.41. The zero-order valence-corrected chi connectivity index (χ0v) is 25.6. The summed E-state index contributed by atoms with van der Waals surface area (Å²) in [6, 6.07) is 9.07. The van der Waals surface area contributed by atoms with Gasteiger partial charge in [-0.15, -0.1) is 0 Å². The minimum Gasteiger partial charge on any atom is -0.311 e. The number of anilines is 1. The Kier molecular flexibility index (Phi) is 8.56. The van der Waals surface area contributed by atoms with Crippen molar-refractivity contribution in [1.29, 1.82) is 0 Å². The summed E-state index contributed by atoms with van der Waals surface area (Å²) in [5.41, 5.74) is 3.51. The number of hydrogen-bond donors (Lipinski definition) is 1. The van der Waals surface area contributed by atoms with Gasteiger partial charge >= 0.3 is 0 Å².